The van der Waals surface area contributed by atoms with Crippen molar-refractivity contribution in [3.05, 3.63) is 70.2 Å². The zero-order chi connectivity index (χ0) is 20.1. The molecule has 2 aromatic rings. The first-order valence-corrected chi connectivity index (χ1v) is 11.4. The van der Waals surface area contributed by atoms with Crippen LogP contribution in [0.5, 0.6) is 0 Å². The maximum absolute atomic E-state index is 13.5. The first-order valence-electron chi connectivity index (χ1n) is 10.6. The minimum Gasteiger partial charge on any atom is -0.381 e. The van der Waals surface area contributed by atoms with E-state index in [9.17, 15) is 4.79 Å². The predicted molar refractivity (Wildman–Crippen MR) is 119 cm³/mol. The first-order chi connectivity index (χ1) is 14.2. The average molecular weight is 457 g/mol. The summed E-state index contributed by atoms with van der Waals surface area (Å²) in [4.78, 5) is 16.0. The maximum Gasteiger partial charge on any atom is 0.231 e. The molecule has 0 bridgehead atoms. The van der Waals surface area contributed by atoms with Crippen molar-refractivity contribution in [2.75, 3.05) is 26.3 Å². The Morgan fingerprint density at radius 2 is 1.83 bits per heavy atom. The lowest BCUT2D eigenvalue weighted by Gasteiger charge is -2.39. The summed E-state index contributed by atoms with van der Waals surface area (Å²) in [6.45, 7) is 4.21. The van der Waals surface area contributed by atoms with E-state index in [4.69, 9.17) is 4.74 Å². The van der Waals surface area contributed by atoms with Crippen LogP contribution < -0.4 is 5.32 Å². The minimum atomic E-state index is -0.485. The van der Waals surface area contributed by atoms with Gasteiger partial charge in [0.1, 0.15) is 0 Å². The van der Waals surface area contributed by atoms with Gasteiger partial charge < -0.3 is 10.1 Å². The zero-order valence-electron chi connectivity index (χ0n) is 16.8. The monoisotopic (exact) mass is 456 g/mol. The molecule has 1 unspecified atom stereocenters. The first kappa shape index (κ1) is 20.6. The molecular formula is C24H29BrN2O2. The topological polar surface area (TPSA) is 41.6 Å². The van der Waals surface area contributed by atoms with E-state index in [0.717, 1.165) is 55.4 Å². The van der Waals surface area contributed by atoms with Crippen molar-refractivity contribution in [1.82, 2.24) is 10.2 Å². The number of nitrogens with zero attached hydrogens (tertiary/aromatic N) is 1. The number of carbonyl (C=O) groups is 1. The van der Waals surface area contributed by atoms with Crippen LogP contribution >= 0.6 is 15.9 Å². The number of hydrogen-bond donors (Lipinski definition) is 1. The van der Waals surface area contributed by atoms with E-state index in [2.05, 4.69) is 68.6 Å². The Kier molecular flexibility index (Phi) is 6.68. The highest BCUT2D eigenvalue weighted by Gasteiger charge is 2.42. The van der Waals surface area contributed by atoms with Gasteiger partial charge in [-0.25, -0.2) is 0 Å². The molecule has 2 heterocycles. The zero-order valence-corrected chi connectivity index (χ0v) is 18.4. The second-order valence-electron chi connectivity index (χ2n) is 8.23. The Bertz CT molecular complexity index is 803. The van der Waals surface area contributed by atoms with Gasteiger partial charge in [0.15, 0.2) is 0 Å². The van der Waals surface area contributed by atoms with Crippen molar-refractivity contribution in [3.63, 3.8) is 0 Å². The fourth-order valence-corrected chi connectivity index (χ4v) is 4.88. The number of hydrogen-bond acceptors (Lipinski definition) is 3. The molecular weight excluding hydrogens is 428 g/mol. The van der Waals surface area contributed by atoms with Crippen LogP contribution in [0.15, 0.2) is 59.1 Å². The van der Waals surface area contributed by atoms with Gasteiger partial charge in [-0.05, 0) is 55.5 Å². The molecule has 0 spiro atoms. The van der Waals surface area contributed by atoms with E-state index in [0.29, 0.717) is 13.2 Å². The molecule has 4 nitrogen and oxygen atoms in total. The summed E-state index contributed by atoms with van der Waals surface area (Å²) in [6, 6.07) is 19.0. The Morgan fingerprint density at radius 3 is 2.55 bits per heavy atom. The van der Waals surface area contributed by atoms with Gasteiger partial charge >= 0.3 is 0 Å². The van der Waals surface area contributed by atoms with E-state index >= 15 is 0 Å². The molecule has 5 heteroatoms. The Balaban J connectivity index is 1.45. The number of likely N-dealkylation sites (tertiary alicyclic amines) is 1. The molecule has 2 fully saturated rings. The number of carbonyl (C=O) groups excluding carboxylic acids is 1. The fourth-order valence-electron chi connectivity index (χ4n) is 4.62. The Labute approximate surface area is 181 Å². The molecule has 154 valence electrons. The van der Waals surface area contributed by atoms with Crippen LogP contribution in [0.25, 0.3) is 0 Å². The summed E-state index contributed by atoms with van der Waals surface area (Å²) in [5.74, 6) is 0.162. The van der Waals surface area contributed by atoms with Gasteiger partial charge in [0, 0.05) is 36.8 Å². The largest absolute Gasteiger partial charge is 0.381 e. The number of rotatable bonds is 5. The van der Waals surface area contributed by atoms with Crippen molar-refractivity contribution >= 4 is 21.8 Å². The van der Waals surface area contributed by atoms with Gasteiger partial charge in [-0.2, -0.15) is 0 Å². The second kappa shape index (κ2) is 9.41. The molecule has 0 aromatic heterocycles. The van der Waals surface area contributed by atoms with Crippen LogP contribution in [0.4, 0.5) is 0 Å². The number of halogens is 1. The van der Waals surface area contributed by atoms with Gasteiger partial charge in [0.2, 0.25) is 5.91 Å². The highest BCUT2D eigenvalue weighted by Crippen LogP contribution is 2.36. The summed E-state index contributed by atoms with van der Waals surface area (Å²) < 4.78 is 6.63. The fraction of sp³-hybridized carbons (Fsp3) is 0.458. The third-order valence-electron chi connectivity index (χ3n) is 6.27. The molecule has 29 heavy (non-hydrogen) atoms. The maximum atomic E-state index is 13.5. The van der Waals surface area contributed by atoms with Gasteiger partial charge in [-0.3, -0.25) is 9.69 Å². The summed E-state index contributed by atoms with van der Waals surface area (Å²) in [5.41, 5.74) is 1.94. The summed E-state index contributed by atoms with van der Waals surface area (Å²) in [6.07, 6.45) is 3.64. The second-order valence-corrected chi connectivity index (χ2v) is 9.15. The molecule has 2 aliphatic rings. The lowest BCUT2D eigenvalue weighted by Crippen LogP contribution is -2.54. The third-order valence-corrected chi connectivity index (χ3v) is 6.80. The number of benzene rings is 2. The van der Waals surface area contributed by atoms with Gasteiger partial charge in [0.05, 0.1) is 5.41 Å². The van der Waals surface area contributed by atoms with Crippen LogP contribution in [-0.2, 0) is 21.5 Å². The van der Waals surface area contributed by atoms with Crippen molar-refractivity contribution in [3.8, 4) is 0 Å². The Morgan fingerprint density at radius 1 is 1.10 bits per heavy atom. The molecule has 2 aromatic carbocycles. The molecule has 2 saturated heterocycles. The van der Waals surface area contributed by atoms with E-state index in [-0.39, 0.29) is 11.9 Å². The highest BCUT2D eigenvalue weighted by atomic mass is 79.9. The van der Waals surface area contributed by atoms with E-state index < -0.39 is 5.41 Å². The number of amides is 1. The molecule has 1 N–H and O–H groups in total. The van der Waals surface area contributed by atoms with Crippen molar-refractivity contribution in [2.45, 2.75) is 43.7 Å². The average Bonchev–Trinajstić information content (AvgIpc) is 2.76. The summed E-state index contributed by atoms with van der Waals surface area (Å²) >= 11 is 3.51. The molecule has 0 aliphatic carbocycles. The quantitative estimate of drug-likeness (QED) is 0.729. The molecule has 0 radical (unpaired) electrons. The lowest BCUT2D eigenvalue weighted by atomic mass is 9.73. The van der Waals surface area contributed by atoms with E-state index in [1.54, 1.807) is 0 Å². The van der Waals surface area contributed by atoms with Gasteiger partial charge in [0.25, 0.3) is 0 Å². The summed E-state index contributed by atoms with van der Waals surface area (Å²) in [7, 11) is 0. The molecule has 1 amide bonds. The van der Waals surface area contributed by atoms with Crippen LogP contribution in [0.1, 0.15) is 36.8 Å². The van der Waals surface area contributed by atoms with E-state index in [1.807, 2.05) is 12.1 Å². The molecule has 1 atom stereocenters. The van der Waals surface area contributed by atoms with Crippen LogP contribution in [0, 0.1) is 0 Å². The molecule has 4 rings (SSSR count). The minimum absolute atomic E-state index is 0.162. The number of piperidine rings is 1. The SMILES string of the molecule is O=C(NC1CCCN(Cc2ccccc2)C1)C1(c2ccc(Br)cc2)CCOCC1. The van der Waals surface area contributed by atoms with Crippen LogP contribution in [0.3, 0.4) is 0 Å². The van der Waals surface area contributed by atoms with Gasteiger partial charge in [-0.1, -0.05) is 58.4 Å². The standard InChI is InChI=1S/C24H29BrN2O2/c25-21-10-8-20(9-11-21)24(12-15-29-16-13-24)23(28)26-22-7-4-14-27(18-22)17-19-5-2-1-3-6-19/h1-3,5-6,8-11,22H,4,7,12-18H2,(H,26,28). The lowest BCUT2D eigenvalue weighted by molar-refractivity contribution is -0.131. The van der Waals surface area contributed by atoms with E-state index in [1.165, 1.54) is 5.56 Å². The van der Waals surface area contributed by atoms with Crippen LogP contribution in [-0.4, -0.2) is 43.2 Å². The van der Waals surface area contributed by atoms with Crippen molar-refractivity contribution in [1.29, 1.82) is 0 Å². The summed E-state index contributed by atoms with van der Waals surface area (Å²) in [5, 5.41) is 3.41. The number of ether oxygens (including phenoxy) is 1. The molecule has 2 aliphatic heterocycles. The van der Waals surface area contributed by atoms with Gasteiger partial charge in [-0.15, -0.1) is 0 Å². The highest BCUT2D eigenvalue weighted by molar-refractivity contribution is 9.10. The van der Waals surface area contributed by atoms with Crippen LogP contribution in [0.2, 0.25) is 0 Å². The Hall–Kier alpha value is -1.69. The third kappa shape index (κ3) is 4.90. The smallest absolute Gasteiger partial charge is 0.231 e. The van der Waals surface area contributed by atoms with Crippen molar-refractivity contribution < 1.29 is 9.53 Å². The predicted octanol–water partition coefficient (Wildman–Crippen LogP) is 4.28. The normalized spacial score (nSPS) is 22.2. The number of nitrogens with one attached hydrogen (secondary N) is 1. The van der Waals surface area contributed by atoms with Crippen molar-refractivity contribution in [2.24, 2.45) is 0 Å². The molecule has 0 saturated carbocycles.